The lowest BCUT2D eigenvalue weighted by Crippen LogP contribution is -2.09. The predicted octanol–water partition coefficient (Wildman–Crippen LogP) is 7.02. The van der Waals surface area contributed by atoms with Crippen LogP contribution in [0.1, 0.15) is 56.2 Å². The van der Waals surface area contributed by atoms with Crippen molar-refractivity contribution < 1.29 is 0 Å². The van der Waals surface area contributed by atoms with Crippen LogP contribution in [0, 0.1) is 12.8 Å². The van der Waals surface area contributed by atoms with Crippen LogP contribution in [0.25, 0.3) is 11.1 Å². The lowest BCUT2D eigenvalue weighted by molar-refractivity contribution is 0.667. The van der Waals surface area contributed by atoms with E-state index in [4.69, 9.17) is 4.99 Å². The molecule has 136 valence electrons. The van der Waals surface area contributed by atoms with Crippen LogP contribution in [0.5, 0.6) is 0 Å². The SMILES string of the molecule is C=CNc1c(C)ccc(-c2ccc3c(c2)N=CC(CC)C3)c1C(C)CC. The molecule has 1 aliphatic rings. The maximum atomic E-state index is 4.75. The second-order valence-corrected chi connectivity index (χ2v) is 7.37. The summed E-state index contributed by atoms with van der Waals surface area (Å²) in [6.45, 7) is 12.8. The Kier molecular flexibility index (Phi) is 5.61. The topological polar surface area (TPSA) is 24.4 Å². The summed E-state index contributed by atoms with van der Waals surface area (Å²) in [7, 11) is 0. The molecule has 0 fully saturated rings. The first-order chi connectivity index (χ1) is 12.6. The molecular formula is C24H30N2. The van der Waals surface area contributed by atoms with E-state index in [1.54, 1.807) is 6.20 Å². The lowest BCUT2D eigenvalue weighted by Gasteiger charge is -2.23. The third-order valence-corrected chi connectivity index (χ3v) is 5.63. The molecule has 0 amide bonds. The molecule has 2 aromatic carbocycles. The van der Waals surface area contributed by atoms with Gasteiger partial charge < -0.3 is 5.32 Å². The van der Waals surface area contributed by atoms with E-state index in [2.05, 4.69) is 76.1 Å². The normalized spacial score (nSPS) is 16.8. The second kappa shape index (κ2) is 7.90. The molecule has 2 aromatic rings. The molecule has 2 unspecified atom stereocenters. The molecule has 2 atom stereocenters. The Labute approximate surface area is 158 Å². The van der Waals surface area contributed by atoms with Gasteiger partial charge in [-0.3, -0.25) is 4.99 Å². The molecule has 2 heteroatoms. The van der Waals surface area contributed by atoms with E-state index in [0.29, 0.717) is 11.8 Å². The smallest absolute Gasteiger partial charge is 0.0664 e. The Morgan fingerprint density at radius 2 is 2.08 bits per heavy atom. The van der Waals surface area contributed by atoms with Crippen LogP contribution in [-0.4, -0.2) is 6.21 Å². The average molecular weight is 347 g/mol. The molecule has 1 aliphatic heterocycles. The number of nitrogens with one attached hydrogen (secondary N) is 1. The van der Waals surface area contributed by atoms with Crippen LogP contribution in [0.3, 0.4) is 0 Å². The van der Waals surface area contributed by atoms with Crippen LogP contribution in [0.2, 0.25) is 0 Å². The van der Waals surface area contributed by atoms with Gasteiger partial charge in [-0.25, -0.2) is 0 Å². The Bertz CT molecular complexity index is 832. The van der Waals surface area contributed by atoms with Gasteiger partial charge in [0.1, 0.15) is 0 Å². The number of anilines is 1. The maximum Gasteiger partial charge on any atom is 0.0664 e. The Morgan fingerprint density at radius 3 is 2.77 bits per heavy atom. The minimum atomic E-state index is 0.469. The van der Waals surface area contributed by atoms with Crippen molar-refractivity contribution in [2.24, 2.45) is 10.9 Å². The van der Waals surface area contributed by atoms with E-state index in [-0.39, 0.29) is 0 Å². The fourth-order valence-corrected chi connectivity index (χ4v) is 3.78. The summed E-state index contributed by atoms with van der Waals surface area (Å²) >= 11 is 0. The fraction of sp³-hybridized carbons (Fsp3) is 0.375. The van der Waals surface area contributed by atoms with Crippen molar-refractivity contribution in [1.82, 2.24) is 0 Å². The number of aryl methyl sites for hydroxylation is 1. The Hall–Kier alpha value is -2.35. The van der Waals surface area contributed by atoms with Crippen molar-refractivity contribution in [2.75, 3.05) is 5.32 Å². The first-order valence-corrected chi connectivity index (χ1v) is 9.77. The Morgan fingerprint density at radius 1 is 1.27 bits per heavy atom. The van der Waals surface area contributed by atoms with Gasteiger partial charge in [0, 0.05) is 11.9 Å². The maximum absolute atomic E-state index is 4.75. The molecule has 26 heavy (non-hydrogen) atoms. The van der Waals surface area contributed by atoms with Crippen molar-refractivity contribution in [3.05, 3.63) is 59.8 Å². The second-order valence-electron chi connectivity index (χ2n) is 7.37. The summed E-state index contributed by atoms with van der Waals surface area (Å²) < 4.78 is 0. The third-order valence-electron chi connectivity index (χ3n) is 5.63. The van der Waals surface area contributed by atoms with Crippen LogP contribution in [0.15, 0.2) is 48.1 Å². The van der Waals surface area contributed by atoms with Gasteiger partial charge in [-0.05, 0) is 78.1 Å². The van der Waals surface area contributed by atoms with Crippen LogP contribution in [0.4, 0.5) is 11.4 Å². The lowest BCUT2D eigenvalue weighted by atomic mass is 9.85. The average Bonchev–Trinajstić information content (AvgIpc) is 2.68. The highest BCUT2D eigenvalue weighted by Gasteiger charge is 2.19. The molecule has 0 saturated carbocycles. The van der Waals surface area contributed by atoms with Gasteiger partial charge in [0.15, 0.2) is 0 Å². The quantitative estimate of drug-likeness (QED) is 0.597. The molecule has 3 rings (SSSR count). The molecule has 0 saturated heterocycles. The minimum Gasteiger partial charge on any atom is -0.362 e. The molecule has 2 nitrogen and oxygen atoms in total. The summed E-state index contributed by atoms with van der Waals surface area (Å²) in [5, 5.41) is 3.38. The molecular weight excluding hydrogens is 316 g/mol. The van der Waals surface area contributed by atoms with Gasteiger partial charge in [0.2, 0.25) is 0 Å². The summed E-state index contributed by atoms with van der Waals surface area (Å²) in [6.07, 6.45) is 7.26. The number of rotatable bonds is 6. The molecule has 0 bridgehead atoms. The van der Waals surface area contributed by atoms with E-state index >= 15 is 0 Å². The molecule has 0 aromatic heterocycles. The van der Waals surface area contributed by atoms with E-state index in [9.17, 15) is 0 Å². The van der Waals surface area contributed by atoms with Gasteiger partial charge >= 0.3 is 0 Å². The first-order valence-electron chi connectivity index (χ1n) is 9.77. The zero-order valence-corrected chi connectivity index (χ0v) is 16.5. The molecule has 0 radical (unpaired) electrons. The fourth-order valence-electron chi connectivity index (χ4n) is 3.78. The van der Waals surface area contributed by atoms with E-state index < -0.39 is 0 Å². The van der Waals surface area contributed by atoms with E-state index in [0.717, 1.165) is 24.9 Å². The van der Waals surface area contributed by atoms with Crippen LogP contribution >= 0.6 is 0 Å². The largest absolute Gasteiger partial charge is 0.362 e. The molecule has 1 N–H and O–H groups in total. The third kappa shape index (κ3) is 3.46. The number of hydrogen-bond donors (Lipinski definition) is 1. The van der Waals surface area contributed by atoms with Crippen molar-refractivity contribution in [1.29, 1.82) is 0 Å². The predicted molar refractivity (Wildman–Crippen MR) is 115 cm³/mol. The van der Waals surface area contributed by atoms with Gasteiger partial charge in [0.05, 0.1) is 5.69 Å². The number of fused-ring (bicyclic) bond motifs is 1. The minimum absolute atomic E-state index is 0.469. The van der Waals surface area contributed by atoms with Gasteiger partial charge in [-0.15, -0.1) is 0 Å². The highest BCUT2D eigenvalue weighted by atomic mass is 14.8. The molecule has 0 spiro atoms. The zero-order chi connectivity index (χ0) is 18.7. The van der Waals surface area contributed by atoms with Crippen molar-refractivity contribution in [3.63, 3.8) is 0 Å². The monoisotopic (exact) mass is 346 g/mol. The summed E-state index contributed by atoms with van der Waals surface area (Å²) in [5.41, 5.74) is 8.86. The van der Waals surface area contributed by atoms with Gasteiger partial charge in [0.25, 0.3) is 0 Å². The number of benzene rings is 2. The summed E-state index contributed by atoms with van der Waals surface area (Å²) in [5.74, 6) is 1.04. The van der Waals surface area contributed by atoms with E-state index in [1.807, 2.05) is 0 Å². The summed E-state index contributed by atoms with van der Waals surface area (Å²) in [4.78, 5) is 4.75. The van der Waals surface area contributed by atoms with Crippen LogP contribution in [-0.2, 0) is 6.42 Å². The highest BCUT2D eigenvalue weighted by Crippen LogP contribution is 2.40. The number of nitrogens with zero attached hydrogens (tertiary/aromatic N) is 1. The van der Waals surface area contributed by atoms with E-state index in [1.165, 1.54) is 33.5 Å². The Balaban J connectivity index is 2.12. The van der Waals surface area contributed by atoms with Crippen LogP contribution < -0.4 is 5.32 Å². The standard InChI is InChI=1S/C24H30N2/c1-6-16(4)23-21(12-9-17(5)24(23)25-8-3)19-10-11-20-13-18(7-2)15-26-22(20)14-19/h8-12,14-16,18,25H,3,6-7,13H2,1-2,4-5H3. The first kappa shape index (κ1) is 18.4. The van der Waals surface area contributed by atoms with Gasteiger partial charge in [-0.1, -0.05) is 51.6 Å². The van der Waals surface area contributed by atoms with Crippen molar-refractivity contribution in [3.8, 4) is 11.1 Å². The van der Waals surface area contributed by atoms with Gasteiger partial charge in [-0.2, -0.15) is 0 Å². The zero-order valence-electron chi connectivity index (χ0n) is 16.5. The van der Waals surface area contributed by atoms with Crippen molar-refractivity contribution >= 4 is 17.6 Å². The number of aliphatic imine (C=N–C) groups is 1. The molecule has 0 aliphatic carbocycles. The van der Waals surface area contributed by atoms with Crippen molar-refractivity contribution in [2.45, 2.75) is 52.9 Å². The molecule has 1 heterocycles. The summed E-state index contributed by atoms with van der Waals surface area (Å²) in [6, 6.07) is 11.2. The number of hydrogen-bond acceptors (Lipinski definition) is 2. The highest BCUT2D eigenvalue weighted by molar-refractivity contribution is 5.81.